The Labute approximate surface area is 290 Å². The fourth-order valence-corrected chi connectivity index (χ4v) is 7.82. The van der Waals surface area contributed by atoms with Gasteiger partial charge in [0.2, 0.25) is 10.0 Å². The van der Waals surface area contributed by atoms with Gasteiger partial charge in [-0.05, 0) is 77.9 Å². The molecule has 0 atom stereocenters. The monoisotopic (exact) mass is 694 g/mol. The Morgan fingerprint density at radius 2 is 1.43 bits per heavy atom. The Balaban J connectivity index is 1.40. The lowest BCUT2D eigenvalue weighted by Gasteiger charge is -2.25. The number of carbonyl (C=O) groups is 1. The number of aryl methyl sites for hydroxylation is 2. The first-order valence-electron chi connectivity index (χ1n) is 16.1. The lowest BCUT2D eigenvalue weighted by Crippen LogP contribution is -2.28. The van der Waals surface area contributed by atoms with Gasteiger partial charge in [-0.3, -0.25) is 0 Å². The van der Waals surface area contributed by atoms with E-state index in [-0.39, 0.29) is 23.7 Å². The predicted molar refractivity (Wildman–Crippen MR) is 193 cm³/mol. The smallest absolute Gasteiger partial charge is 0.335 e. The van der Waals surface area contributed by atoms with Crippen molar-refractivity contribution in [3.8, 4) is 0 Å². The number of hydrogen-bond acceptors (Lipinski definition) is 3. The summed E-state index contributed by atoms with van der Waals surface area (Å²) >= 11 is 6.61. The van der Waals surface area contributed by atoms with Crippen molar-refractivity contribution in [2.45, 2.75) is 37.5 Å². The van der Waals surface area contributed by atoms with E-state index in [2.05, 4.69) is 33.6 Å². The van der Waals surface area contributed by atoms with Crippen LogP contribution in [0, 0.1) is 5.82 Å². The van der Waals surface area contributed by atoms with E-state index < -0.39 is 27.6 Å². The molecule has 6 nitrogen and oxygen atoms in total. The Morgan fingerprint density at radius 1 is 0.796 bits per heavy atom. The van der Waals surface area contributed by atoms with Gasteiger partial charge in [-0.15, -0.1) is 0 Å². The van der Waals surface area contributed by atoms with Crippen LogP contribution in [0.4, 0.5) is 4.39 Å². The first kappa shape index (κ1) is 34.1. The van der Waals surface area contributed by atoms with E-state index >= 15 is 0 Å². The standard InChI is InChI=1S/C40H36ClFN2O4S/c41-33-22-23-37-35(26-33)34(16-9-10-28-18-20-31(21-19-28)40(45)46)38(24-25-43-49(47,48)27-32-15-7-8-17-36(32)42)44(37)39(29-11-3-1-4-12-29)30-13-5-2-6-14-30/h1-8,11-15,17-23,26,39,43H,9-10,16,24-25,27H2,(H,45,46). The highest BCUT2D eigenvalue weighted by Crippen LogP contribution is 2.38. The van der Waals surface area contributed by atoms with Gasteiger partial charge in [0.05, 0.1) is 17.4 Å². The van der Waals surface area contributed by atoms with Gasteiger partial charge in [-0.25, -0.2) is 22.3 Å². The summed E-state index contributed by atoms with van der Waals surface area (Å²) in [7, 11) is -3.84. The minimum atomic E-state index is -3.84. The van der Waals surface area contributed by atoms with Crippen molar-refractivity contribution in [2.24, 2.45) is 0 Å². The number of hydrogen-bond donors (Lipinski definition) is 2. The summed E-state index contributed by atoms with van der Waals surface area (Å²) in [4.78, 5) is 11.3. The topological polar surface area (TPSA) is 88.4 Å². The van der Waals surface area contributed by atoms with Crippen LogP contribution in [0.3, 0.4) is 0 Å². The quantitative estimate of drug-likeness (QED) is 0.120. The minimum Gasteiger partial charge on any atom is -0.478 e. The van der Waals surface area contributed by atoms with E-state index in [0.717, 1.165) is 51.7 Å². The van der Waals surface area contributed by atoms with Crippen molar-refractivity contribution in [1.29, 1.82) is 0 Å². The summed E-state index contributed by atoms with van der Waals surface area (Å²) in [6, 6.07) is 38.9. The molecule has 0 aliphatic carbocycles. The van der Waals surface area contributed by atoms with Crippen molar-refractivity contribution in [1.82, 2.24) is 9.29 Å². The van der Waals surface area contributed by atoms with Crippen molar-refractivity contribution >= 4 is 38.5 Å². The lowest BCUT2D eigenvalue weighted by atomic mass is 9.97. The van der Waals surface area contributed by atoms with Crippen molar-refractivity contribution < 1.29 is 22.7 Å². The molecule has 2 N–H and O–H groups in total. The van der Waals surface area contributed by atoms with Crippen LogP contribution in [0.2, 0.25) is 5.02 Å². The minimum absolute atomic E-state index is 0.112. The summed E-state index contributed by atoms with van der Waals surface area (Å²) in [5, 5.41) is 10.9. The van der Waals surface area contributed by atoms with Crippen LogP contribution in [0.1, 0.15) is 56.3 Å². The summed E-state index contributed by atoms with van der Waals surface area (Å²) in [6.07, 6.45) is 2.55. The van der Waals surface area contributed by atoms with E-state index in [4.69, 9.17) is 11.6 Å². The summed E-state index contributed by atoms with van der Waals surface area (Å²) < 4.78 is 45.7. The molecule has 6 aromatic rings. The molecule has 0 spiro atoms. The molecule has 1 heterocycles. The third-order valence-electron chi connectivity index (χ3n) is 8.75. The number of aromatic carboxylic acids is 1. The van der Waals surface area contributed by atoms with Crippen LogP contribution in [0.15, 0.2) is 127 Å². The molecule has 0 saturated heterocycles. The second-order valence-electron chi connectivity index (χ2n) is 12.0. The molecule has 0 aliphatic heterocycles. The normalized spacial score (nSPS) is 11.7. The number of rotatable bonds is 14. The molecule has 0 amide bonds. The molecule has 5 aromatic carbocycles. The maximum absolute atomic E-state index is 14.3. The molecule has 49 heavy (non-hydrogen) atoms. The van der Waals surface area contributed by atoms with Gasteiger partial charge in [-0.2, -0.15) is 0 Å². The molecule has 0 saturated carbocycles. The van der Waals surface area contributed by atoms with Gasteiger partial charge < -0.3 is 9.67 Å². The molecule has 0 bridgehead atoms. The molecular formula is C40H36ClFN2O4S. The van der Waals surface area contributed by atoms with Gasteiger partial charge in [0.1, 0.15) is 5.82 Å². The molecular weight excluding hydrogens is 659 g/mol. The molecule has 0 fully saturated rings. The van der Waals surface area contributed by atoms with E-state index in [1.807, 2.05) is 66.7 Å². The number of halogens is 2. The average molecular weight is 695 g/mol. The number of nitrogens with one attached hydrogen (secondary N) is 1. The summed E-state index contributed by atoms with van der Waals surface area (Å²) in [5.41, 5.74) is 6.57. The van der Waals surface area contributed by atoms with Crippen LogP contribution in [0.25, 0.3) is 10.9 Å². The first-order chi connectivity index (χ1) is 23.7. The Hall–Kier alpha value is -4.76. The van der Waals surface area contributed by atoms with Crippen LogP contribution in [0.5, 0.6) is 0 Å². The summed E-state index contributed by atoms with van der Waals surface area (Å²) in [5.74, 6) is -1.97. The SMILES string of the molecule is O=C(O)c1ccc(CCCc2c(CCNS(=O)(=O)Cc3ccccc3F)n(C(c3ccccc3)c3ccccc3)c3ccc(Cl)cc23)cc1. The van der Waals surface area contributed by atoms with E-state index in [1.54, 1.807) is 18.2 Å². The van der Waals surface area contributed by atoms with Crippen molar-refractivity contribution in [3.05, 3.63) is 177 Å². The zero-order valence-electron chi connectivity index (χ0n) is 26.7. The largest absolute Gasteiger partial charge is 0.478 e. The lowest BCUT2D eigenvalue weighted by molar-refractivity contribution is 0.0697. The Kier molecular flexibility index (Phi) is 10.6. The average Bonchev–Trinajstić information content (AvgIpc) is 3.38. The third-order valence-corrected chi connectivity index (χ3v) is 10.3. The number of benzene rings is 5. The fourth-order valence-electron chi connectivity index (χ4n) is 6.49. The second-order valence-corrected chi connectivity index (χ2v) is 14.3. The van der Waals surface area contributed by atoms with Gasteiger partial charge in [0, 0.05) is 40.1 Å². The molecule has 250 valence electrons. The number of nitrogens with zero attached hydrogens (tertiary/aromatic N) is 1. The predicted octanol–water partition coefficient (Wildman–Crippen LogP) is 8.61. The van der Waals surface area contributed by atoms with Crippen LogP contribution in [-0.2, 0) is 35.0 Å². The second kappa shape index (κ2) is 15.2. The van der Waals surface area contributed by atoms with Crippen LogP contribution in [-0.4, -0.2) is 30.6 Å². The Morgan fingerprint density at radius 3 is 2.06 bits per heavy atom. The number of carboxylic acid groups (broad SMARTS) is 1. The highest BCUT2D eigenvalue weighted by molar-refractivity contribution is 7.88. The zero-order valence-corrected chi connectivity index (χ0v) is 28.3. The van der Waals surface area contributed by atoms with Crippen molar-refractivity contribution in [2.75, 3.05) is 6.54 Å². The maximum atomic E-state index is 14.3. The van der Waals surface area contributed by atoms with E-state index in [9.17, 15) is 22.7 Å². The molecule has 0 radical (unpaired) electrons. The highest BCUT2D eigenvalue weighted by Gasteiger charge is 2.26. The molecule has 1 aromatic heterocycles. The van der Waals surface area contributed by atoms with Gasteiger partial charge >= 0.3 is 5.97 Å². The van der Waals surface area contributed by atoms with Crippen LogP contribution < -0.4 is 4.72 Å². The molecule has 0 unspecified atom stereocenters. The molecule has 9 heteroatoms. The van der Waals surface area contributed by atoms with Gasteiger partial charge in [-0.1, -0.05) is 103 Å². The highest BCUT2D eigenvalue weighted by atomic mass is 35.5. The number of aromatic nitrogens is 1. The maximum Gasteiger partial charge on any atom is 0.335 e. The first-order valence-corrected chi connectivity index (χ1v) is 18.2. The van der Waals surface area contributed by atoms with E-state index in [1.165, 1.54) is 18.2 Å². The van der Waals surface area contributed by atoms with Crippen LogP contribution >= 0.6 is 11.6 Å². The zero-order chi connectivity index (χ0) is 34.4. The number of carboxylic acids is 1. The van der Waals surface area contributed by atoms with Gasteiger partial charge in [0.15, 0.2) is 0 Å². The fraction of sp³-hybridized carbons (Fsp3) is 0.175. The number of sulfonamides is 1. The van der Waals surface area contributed by atoms with E-state index in [0.29, 0.717) is 17.9 Å². The van der Waals surface area contributed by atoms with Gasteiger partial charge in [0.25, 0.3) is 0 Å². The van der Waals surface area contributed by atoms with Crippen molar-refractivity contribution in [3.63, 3.8) is 0 Å². The third kappa shape index (κ3) is 8.11. The Bertz CT molecular complexity index is 2130. The summed E-state index contributed by atoms with van der Waals surface area (Å²) in [6.45, 7) is 0.112. The molecule has 6 rings (SSSR count). The molecule has 0 aliphatic rings. The number of fused-ring (bicyclic) bond motifs is 1.